The van der Waals surface area contributed by atoms with E-state index in [0.29, 0.717) is 6.54 Å². The molecule has 6 heteroatoms. The van der Waals surface area contributed by atoms with Gasteiger partial charge in [-0.25, -0.2) is 4.79 Å². The number of amides is 2. The number of likely N-dealkylation sites (N-methyl/N-ethyl adjacent to an activating group) is 1. The SMILES string of the molecule is CNC(=O)COC(=O)c1ccccc1C(=O)N(C)Cc1ccccc1. The van der Waals surface area contributed by atoms with Gasteiger partial charge in [0.1, 0.15) is 0 Å². The monoisotopic (exact) mass is 340 g/mol. The molecular formula is C19H20N2O4. The quantitative estimate of drug-likeness (QED) is 0.815. The second-order valence-electron chi connectivity index (χ2n) is 5.44. The molecule has 2 aromatic carbocycles. The fourth-order valence-electron chi connectivity index (χ4n) is 2.26. The molecule has 130 valence electrons. The van der Waals surface area contributed by atoms with E-state index in [9.17, 15) is 14.4 Å². The first-order chi connectivity index (χ1) is 12.0. The van der Waals surface area contributed by atoms with E-state index in [4.69, 9.17) is 4.74 Å². The Morgan fingerprint density at radius 2 is 1.56 bits per heavy atom. The van der Waals surface area contributed by atoms with Gasteiger partial charge in [0.15, 0.2) is 6.61 Å². The molecule has 2 amide bonds. The average Bonchev–Trinajstić information content (AvgIpc) is 2.65. The fraction of sp³-hybridized carbons (Fsp3) is 0.211. The summed E-state index contributed by atoms with van der Waals surface area (Å²) in [6.07, 6.45) is 0. The number of nitrogens with zero attached hydrogens (tertiary/aromatic N) is 1. The first-order valence-electron chi connectivity index (χ1n) is 7.79. The van der Waals surface area contributed by atoms with Gasteiger partial charge < -0.3 is 15.0 Å². The van der Waals surface area contributed by atoms with Crippen molar-refractivity contribution in [3.8, 4) is 0 Å². The number of hydrogen-bond donors (Lipinski definition) is 1. The minimum absolute atomic E-state index is 0.135. The van der Waals surface area contributed by atoms with Gasteiger partial charge in [0, 0.05) is 20.6 Å². The maximum Gasteiger partial charge on any atom is 0.339 e. The molecule has 0 aliphatic rings. The van der Waals surface area contributed by atoms with E-state index < -0.39 is 18.5 Å². The third-order valence-electron chi connectivity index (χ3n) is 3.60. The molecule has 0 fully saturated rings. The Kier molecular flexibility index (Phi) is 6.28. The highest BCUT2D eigenvalue weighted by atomic mass is 16.5. The zero-order valence-electron chi connectivity index (χ0n) is 14.2. The summed E-state index contributed by atoms with van der Waals surface area (Å²) in [4.78, 5) is 37.6. The molecule has 0 radical (unpaired) electrons. The lowest BCUT2D eigenvalue weighted by molar-refractivity contribution is -0.123. The lowest BCUT2D eigenvalue weighted by Crippen LogP contribution is -2.29. The van der Waals surface area contributed by atoms with Gasteiger partial charge in [-0.1, -0.05) is 42.5 Å². The van der Waals surface area contributed by atoms with E-state index >= 15 is 0 Å². The number of carbonyl (C=O) groups excluding carboxylic acids is 3. The highest BCUT2D eigenvalue weighted by Gasteiger charge is 2.21. The minimum Gasteiger partial charge on any atom is -0.452 e. The fourth-order valence-corrected chi connectivity index (χ4v) is 2.26. The number of benzene rings is 2. The second kappa shape index (κ2) is 8.63. The largest absolute Gasteiger partial charge is 0.452 e. The van der Waals surface area contributed by atoms with Gasteiger partial charge >= 0.3 is 5.97 Å². The summed E-state index contributed by atoms with van der Waals surface area (Å²) >= 11 is 0. The molecule has 2 rings (SSSR count). The molecule has 0 atom stereocenters. The molecule has 25 heavy (non-hydrogen) atoms. The minimum atomic E-state index is -0.708. The van der Waals surface area contributed by atoms with E-state index in [1.54, 1.807) is 25.2 Å². The lowest BCUT2D eigenvalue weighted by Gasteiger charge is -2.19. The maximum absolute atomic E-state index is 12.7. The molecule has 0 heterocycles. The summed E-state index contributed by atoms with van der Waals surface area (Å²) in [6, 6.07) is 16.0. The van der Waals surface area contributed by atoms with Crippen LogP contribution in [0.5, 0.6) is 0 Å². The summed E-state index contributed by atoms with van der Waals surface area (Å²) in [5.41, 5.74) is 1.36. The smallest absolute Gasteiger partial charge is 0.339 e. The van der Waals surface area contributed by atoms with Crippen LogP contribution < -0.4 is 5.32 Å². The molecule has 1 N–H and O–H groups in total. The van der Waals surface area contributed by atoms with Gasteiger partial charge in [-0.05, 0) is 17.7 Å². The number of carbonyl (C=O) groups is 3. The number of rotatable bonds is 6. The molecular weight excluding hydrogens is 320 g/mol. The van der Waals surface area contributed by atoms with Crippen LogP contribution in [0.15, 0.2) is 54.6 Å². The van der Waals surface area contributed by atoms with Crippen molar-refractivity contribution >= 4 is 17.8 Å². The Balaban J connectivity index is 2.14. The molecule has 2 aromatic rings. The van der Waals surface area contributed by atoms with Crippen LogP contribution in [0.4, 0.5) is 0 Å². The van der Waals surface area contributed by atoms with Crippen LogP contribution >= 0.6 is 0 Å². The average molecular weight is 340 g/mol. The Labute approximate surface area is 146 Å². The molecule has 6 nitrogen and oxygen atoms in total. The predicted octanol–water partition coefficient (Wildman–Crippen LogP) is 1.86. The van der Waals surface area contributed by atoms with Crippen LogP contribution in [0.3, 0.4) is 0 Å². The highest BCUT2D eigenvalue weighted by Crippen LogP contribution is 2.14. The first-order valence-corrected chi connectivity index (χ1v) is 7.79. The van der Waals surface area contributed by atoms with Crippen LogP contribution in [0.1, 0.15) is 26.3 Å². The zero-order chi connectivity index (χ0) is 18.2. The zero-order valence-corrected chi connectivity index (χ0v) is 14.2. The Bertz CT molecular complexity index is 759. The molecule has 0 bridgehead atoms. The Hall–Kier alpha value is -3.15. The molecule has 0 spiro atoms. The third kappa shape index (κ3) is 4.91. The van der Waals surface area contributed by atoms with Crippen LogP contribution in [0.25, 0.3) is 0 Å². The van der Waals surface area contributed by atoms with Gasteiger partial charge in [-0.3, -0.25) is 9.59 Å². The summed E-state index contributed by atoms with van der Waals surface area (Å²) in [5.74, 6) is -1.42. The second-order valence-corrected chi connectivity index (χ2v) is 5.44. The van der Waals surface area contributed by atoms with Crippen LogP contribution in [0.2, 0.25) is 0 Å². The summed E-state index contributed by atoms with van der Waals surface area (Å²) in [6.45, 7) is 0.0268. The standard InChI is InChI=1S/C19H20N2O4/c1-20-17(22)13-25-19(24)16-11-7-6-10-15(16)18(23)21(2)12-14-8-4-3-5-9-14/h3-11H,12-13H2,1-2H3,(H,20,22). The number of nitrogens with one attached hydrogen (secondary N) is 1. The van der Waals surface area contributed by atoms with Gasteiger partial charge in [0.2, 0.25) is 0 Å². The summed E-state index contributed by atoms with van der Waals surface area (Å²) < 4.78 is 4.95. The van der Waals surface area contributed by atoms with Crippen molar-refractivity contribution in [2.24, 2.45) is 0 Å². The summed E-state index contributed by atoms with van der Waals surface area (Å²) in [7, 11) is 3.12. The van der Waals surface area contributed by atoms with Gasteiger partial charge in [0.05, 0.1) is 11.1 Å². The molecule has 0 saturated carbocycles. The van der Waals surface area contributed by atoms with Crippen molar-refractivity contribution in [1.29, 1.82) is 0 Å². The van der Waals surface area contributed by atoms with E-state index in [1.165, 1.54) is 18.0 Å². The van der Waals surface area contributed by atoms with Gasteiger partial charge in [-0.15, -0.1) is 0 Å². The number of esters is 1. The Morgan fingerprint density at radius 3 is 2.20 bits per heavy atom. The molecule has 0 aromatic heterocycles. The van der Waals surface area contributed by atoms with Gasteiger partial charge in [0.25, 0.3) is 11.8 Å². The molecule has 0 aliphatic carbocycles. The van der Waals surface area contributed by atoms with E-state index in [1.807, 2.05) is 30.3 Å². The van der Waals surface area contributed by atoms with Crippen LogP contribution in [0, 0.1) is 0 Å². The highest BCUT2D eigenvalue weighted by molar-refractivity contribution is 6.05. The predicted molar refractivity (Wildman–Crippen MR) is 93.0 cm³/mol. The number of ether oxygens (including phenoxy) is 1. The van der Waals surface area contributed by atoms with E-state index in [0.717, 1.165) is 5.56 Å². The van der Waals surface area contributed by atoms with Crippen LogP contribution in [-0.4, -0.2) is 43.4 Å². The van der Waals surface area contributed by atoms with Crippen molar-refractivity contribution in [3.63, 3.8) is 0 Å². The maximum atomic E-state index is 12.7. The van der Waals surface area contributed by atoms with E-state index in [2.05, 4.69) is 5.32 Å². The van der Waals surface area contributed by atoms with Crippen molar-refractivity contribution in [2.75, 3.05) is 20.7 Å². The number of hydrogen-bond acceptors (Lipinski definition) is 4. The van der Waals surface area contributed by atoms with Crippen molar-refractivity contribution in [1.82, 2.24) is 10.2 Å². The van der Waals surface area contributed by atoms with Crippen molar-refractivity contribution < 1.29 is 19.1 Å². The third-order valence-corrected chi connectivity index (χ3v) is 3.60. The topological polar surface area (TPSA) is 75.7 Å². The molecule has 0 saturated heterocycles. The van der Waals surface area contributed by atoms with E-state index in [-0.39, 0.29) is 17.0 Å². The van der Waals surface area contributed by atoms with Gasteiger partial charge in [-0.2, -0.15) is 0 Å². The summed E-state index contributed by atoms with van der Waals surface area (Å²) in [5, 5.41) is 2.36. The van der Waals surface area contributed by atoms with Crippen molar-refractivity contribution in [2.45, 2.75) is 6.54 Å². The van der Waals surface area contributed by atoms with Crippen molar-refractivity contribution in [3.05, 3.63) is 71.3 Å². The Morgan fingerprint density at radius 1 is 0.960 bits per heavy atom. The lowest BCUT2D eigenvalue weighted by atomic mass is 10.1. The normalized spacial score (nSPS) is 10.0. The van der Waals surface area contributed by atoms with Crippen LogP contribution in [-0.2, 0) is 16.1 Å². The first kappa shape index (κ1) is 18.2. The molecule has 0 aliphatic heterocycles. The molecule has 0 unspecified atom stereocenters.